The lowest BCUT2D eigenvalue weighted by Gasteiger charge is -2.35. The number of rotatable bonds is 5. The predicted octanol–water partition coefficient (Wildman–Crippen LogP) is 1.32. The van der Waals surface area contributed by atoms with E-state index in [9.17, 15) is 18.8 Å². The number of hydrogen-bond donors (Lipinski definition) is 5. The van der Waals surface area contributed by atoms with Crippen LogP contribution in [-0.2, 0) is 0 Å². The molecule has 31 heavy (non-hydrogen) atoms. The van der Waals surface area contributed by atoms with Gasteiger partial charge in [-0.05, 0) is 31.0 Å². The number of alkyl halides is 2. The zero-order valence-corrected chi connectivity index (χ0v) is 16.3. The van der Waals surface area contributed by atoms with E-state index in [1.165, 1.54) is 6.20 Å². The number of carbonyl (C=O) groups is 1. The summed E-state index contributed by atoms with van der Waals surface area (Å²) in [7, 11) is 0. The molecule has 3 aromatic rings. The minimum Gasteiger partial charge on any atom is -0.364 e. The number of amides is 1. The van der Waals surface area contributed by atoms with E-state index in [1.54, 1.807) is 30.3 Å². The Labute approximate surface area is 175 Å². The quantitative estimate of drug-likeness (QED) is 0.299. The van der Waals surface area contributed by atoms with Crippen molar-refractivity contribution in [2.45, 2.75) is 37.3 Å². The Bertz CT molecular complexity index is 1140. The summed E-state index contributed by atoms with van der Waals surface area (Å²) in [4.78, 5) is 16.0. The third-order valence-corrected chi connectivity index (χ3v) is 5.22. The molecule has 1 fully saturated rings. The second-order valence-corrected chi connectivity index (χ2v) is 7.38. The number of nitrogens with one attached hydrogen (secondary N) is 2. The fraction of sp³-hybridized carbons (Fsp3) is 0.316. The molecule has 0 bridgehead atoms. The highest BCUT2D eigenvalue weighted by Gasteiger charge is 2.45. The Morgan fingerprint density at radius 2 is 2.10 bits per heavy atom. The molecule has 0 saturated heterocycles. The van der Waals surface area contributed by atoms with E-state index in [1.807, 2.05) is 0 Å². The van der Waals surface area contributed by atoms with Gasteiger partial charge in [-0.2, -0.15) is 4.98 Å². The van der Waals surface area contributed by atoms with Crippen LogP contribution in [-0.4, -0.2) is 44.3 Å². The van der Waals surface area contributed by atoms with Crippen molar-refractivity contribution in [3.05, 3.63) is 42.2 Å². The second-order valence-electron chi connectivity index (χ2n) is 7.38. The fourth-order valence-electron chi connectivity index (χ4n) is 3.59. The smallest absolute Gasteiger partial charge is 0.273 e. The molecule has 0 spiro atoms. The van der Waals surface area contributed by atoms with Crippen molar-refractivity contribution in [3.63, 3.8) is 0 Å². The summed E-state index contributed by atoms with van der Waals surface area (Å²) in [6.45, 7) is 0. The summed E-state index contributed by atoms with van der Waals surface area (Å²) in [5.41, 5.74) is 12.0. The van der Waals surface area contributed by atoms with Crippen LogP contribution in [0.5, 0.6) is 0 Å². The van der Waals surface area contributed by atoms with E-state index >= 15 is 0 Å². The molecule has 1 aliphatic rings. The van der Waals surface area contributed by atoms with E-state index in [0.29, 0.717) is 29.4 Å². The number of halogens is 2. The van der Waals surface area contributed by atoms with E-state index in [2.05, 4.69) is 25.8 Å². The number of carbonyl (C=O) groups excluding carboxylic acids is 1. The number of nitrogens with two attached hydrogens (primary N) is 2. The summed E-state index contributed by atoms with van der Waals surface area (Å²) in [6, 6.07) is 6.35. The van der Waals surface area contributed by atoms with Crippen molar-refractivity contribution >= 4 is 34.3 Å². The van der Waals surface area contributed by atoms with Gasteiger partial charge in [0.05, 0.1) is 17.5 Å². The van der Waals surface area contributed by atoms with Crippen molar-refractivity contribution in [1.29, 1.82) is 0 Å². The van der Waals surface area contributed by atoms with Gasteiger partial charge in [0.25, 0.3) is 17.3 Å². The highest BCUT2D eigenvalue weighted by molar-refractivity contribution is 5.96. The SMILES string of the molecule is NC(=O)c1nnc(N[C@@H]2CCCC(F)(F)[C@@H]2N)nc1Nc1ccc2c(ccc[n+]2O)c1. The van der Waals surface area contributed by atoms with Crippen LogP contribution >= 0.6 is 0 Å². The Morgan fingerprint density at radius 3 is 2.87 bits per heavy atom. The van der Waals surface area contributed by atoms with Gasteiger partial charge in [0.1, 0.15) is 0 Å². The van der Waals surface area contributed by atoms with Gasteiger partial charge in [-0.15, -0.1) is 10.2 Å². The summed E-state index contributed by atoms with van der Waals surface area (Å²) >= 11 is 0. The lowest BCUT2D eigenvalue weighted by Crippen LogP contribution is -2.55. The number of aromatic nitrogens is 4. The van der Waals surface area contributed by atoms with Gasteiger partial charge in [-0.1, -0.05) is 0 Å². The van der Waals surface area contributed by atoms with Gasteiger partial charge in [-0.25, -0.2) is 8.78 Å². The Kier molecular flexibility index (Phi) is 5.23. The molecule has 2 heterocycles. The lowest BCUT2D eigenvalue weighted by molar-refractivity contribution is -0.884. The summed E-state index contributed by atoms with van der Waals surface area (Å²) < 4.78 is 28.8. The number of benzene rings is 1. The summed E-state index contributed by atoms with van der Waals surface area (Å²) in [5.74, 6) is -3.90. The predicted molar refractivity (Wildman–Crippen MR) is 107 cm³/mol. The highest BCUT2D eigenvalue weighted by atomic mass is 19.3. The maximum Gasteiger partial charge on any atom is 0.273 e. The van der Waals surface area contributed by atoms with Crippen LogP contribution in [0.25, 0.3) is 10.9 Å². The number of primary amides is 1. The van der Waals surface area contributed by atoms with Gasteiger partial charge >= 0.3 is 0 Å². The topological polar surface area (TPSA) is 156 Å². The first-order valence-corrected chi connectivity index (χ1v) is 9.60. The minimum absolute atomic E-state index is 0.00768. The van der Waals surface area contributed by atoms with Gasteiger partial charge < -0.3 is 22.1 Å². The fourth-order valence-corrected chi connectivity index (χ4v) is 3.59. The maximum atomic E-state index is 13.9. The molecule has 0 radical (unpaired) electrons. The monoisotopic (exact) mass is 431 g/mol. The normalized spacial score (nSPS) is 20.4. The van der Waals surface area contributed by atoms with Crippen LogP contribution in [0.15, 0.2) is 36.5 Å². The van der Waals surface area contributed by atoms with Crippen molar-refractivity contribution in [1.82, 2.24) is 15.2 Å². The van der Waals surface area contributed by atoms with E-state index in [4.69, 9.17) is 11.5 Å². The highest BCUT2D eigenvalue weighted by Crippen LogP contribution is 2.33. The summed E-state index contributed by atoms with van der Waals surface area (Å²) in [6.07, 6.45) is 1.95. The molecule has 1 amide bonds. The Morgan fingerprint density at radius 1 is 1.29 bits per heavy atom. The molecule has 0 unspecified atom stereocenters. The van der Waals surface area contributed by atoms with Gasteiger partial charge in [0.2, 0.25) is 12.1 Å². The molecule has 1 saturated carbocycles. The van der Waals surface area contributed by atoms with Crippen LogP contribution < -0.4 is 26.8 Å². The van der Waals surface area contributed by atoms with Crippen LogP contribution in [0.1, 0.15) is 29.8 Å². The molecule has 2 atom stereocenters. The third kappa shape index (κ3) is 4.14. The van der Waals surface area contributed by atoms with Crippen molar-refractivity contribution < 1.29 is 23.5 Å². The number of fused-ring (bicyclic) bond motifs is 1. The number of anilines is 3. The number of nitrogens with zero attached hydrogens (tertiary/aromatic N) is 4. The lowest BCUT2D eigenvalue weighted by atomic mass is 9.87. The van der Waals surface area contributed by atoms with Crippen LogP contribution in [0.2, 0.25) is 0 Å². The molecule has 162 valence electrons. The van der Waals surface area contributed by atoms with Crippen LogP contribution in [0.4, 0.5) is 26.2 Å². The molecular weight excluding hydrogens is 410 g/mol. The van der Waals surface area contributed by atoms with E-state index < -0.39 is 23.9 Å². The largest absolute Gasteiger partial charge is 0.364 e. The molecule has 7 N–H and O–H groups in total. The molecule has 12 heteroatoms. The van der Waals surface area contributed by atoms with Crippen molar-refractivity contribution in [2.75, 3.05) is 10.6 Å². The molecule has 0 aliphatic heterocycles. The number of hydrogen-bond acceptors (Lipinski definition) is 8. The first-order chi connectivity index (χ1) is 14.7. The van der Waals surface area contributed by atoms with Gasteiger partial charge in [-0.3, -0.25) is 10.0 Å². The van der Waals surface area contributed by atoms with Crippen molar-refractivity contribution in [2.24, 2.45) is 11.5 Å². The first-order valence-electron chi connectivity index (χ1n) is 9.60. The summed E-state index contributed by atoms with van der Waals surface area (Å²) in [5, 5.41) is 23.9. The molecule has 2 aromatic heterocycles. The van der Waals surface area contributed by atoms with Gasteiger partial charge in [0.15, 0.2) is 11.5 Å². The molecule has 4 rings (SSSR count). The zero-order chi connectivity index (χ0) is 22.2. The maximum absolute atomic E-state index is 13.9. The Balaban J connectivity index is 1.63. The standard InChI is InChI=1S/C19H20F2N8O2/c20-19(21)7-1-4-12(15(19)22)25-18-26-17(14(16(23)30)27-28-18)24-11-5-6-13-10(9-11)3-2-8-29(13)31/h2-3,5-6,8-9,12,15H,1,4,7,22H2,(H4-,23,24,25,26,28,30,31)/p+1/t12-,15-/m1/s1. The van der Waals surface area contributed by atoms with Crippen LogP contribution in [0, 0.1) is 0 Å². The Hall–Kier alpha value is -3.67. The average molecular weight is 431 g/mol. The first kappa shape index (κ1) is 20.6. The molecule has 10 nitrogen and oxygen atoms in total. The molecule has 1 aliphatic carbocycles. The third-order valence-electron chi connectivity index (χ3n) is 5.22. The van der Waals surface area contributed by atoms with Crippen molar-refractivity contribution in [3.8, 4) is 0 Å². The van der Waals surface area contributed by atoms with Crippen LogP contribution in [0.3, 0.4) is 0 Å². The van der Waals surface area contributed by atoms with E-state index in [-0.39, 0.29) is 23.9 Å². The van der Waals surface area contributed by atoms with E-state index in [0.717, 1.165) is 4.73 Å². The minimum atomic E-state index is -2.99. The zero-order valence-electron chi connectivity index (χ0n) is 16.3. The molecule has 1 aromatic carbocycles. The average Bonchev–Trinajstić information content (AvgIpc) is 2.71. The number of pyridine rings is 1. The molecular formula is C19H21F2N8O2+. The van der Waals surface area contributed by atoms with Gasteiger partial charge in [0, 0.05) is 29.0 Å². The second kappa shape index (κ2) is 7.87.